The van der Waals surface area contributed by atoms with Gasteiger partial charge in [-0.15, -0.1) is 0 Å². The van der Waals surface area contributed by atoms with Gasteiger partial charge < -0.3 is 14.7 Å². The predicted molar refractivity (Wildman–Crippen MR) is 68.5 cm³/mol. The van der Waals surface area contributed by atoms with Crippen LogP contribution in [0.2, 0.25) is 0 Å². The Kier molecular flexibility index (Phi) is 5.01. The molecule has 1 unspecified atom stereocenters. The van der Waals surface area contributed by atoms with E-state index in [1.165, 1.54) is 38.2 Å². The molecule has 0 radical (unpaired) electrons. The van der Waals surface area contributed by atoms with Crippen LogP contribution in [-0.4, -0.2) is 46.5 Å². The predicted octanol–water partition coefficient (Wildman–Crippen LogP) is 0.905. The number of ether oxygens (including phenoxy) is 1. The molecule has 0 aliphatic heterocycles. The van der Waals surface area contributed by atoms with E-state index in [-0.39, 0.29) is 11.4 Å². The van der Waals surface area contributed by atoms with Crippen LogP contribution >= 0.6 is 0 Å². The van der Waals surface area contributed by atoms with Crippen molar-refractivity contribution in [2.75, 3.05) is 13.7 Å². The van der Waals surface area contributed by atoms with Crippen molar-refractivity contribution in [3.8, 4) is 5.75 Å². The summed E-state index contributed by atoms with van der Waals surface area (Å²) in [6.45, 7) is 0.975. The molecular formula is C12H14N2O6. The Bertz CT molecular complexity index is 530. The van der Waals surface area contributed by atoms with Gasteiger partial charge in [0.05, 0.1) is 11.0 Å². The minimum Gasteiger partial charge on any atom is -0.484 e. The summed E-state index contributed by atoms with van der Waals surface area (Å²) in [7, 11) is 1.35. The molecule has 1 amide bonds. The van der Waals surface area contributed by atoms with Crippen LogP contribution in [0.25, 0.3) is 0 Å². The third-order valence-electron chi connectivity index (χ3n) is 2.72. The van der Waals surface area contributed by atoms with Crippen molar-refractivity contribution < 1.29 is 24.4 Å². The number of hydrogen-bond donors (Lipinski definition) is 1. The van der Waals surface area contributed by atoms with Crippen LogP contribution < -0.4 is 4.74 Å². The van der Waals surface area contributed by atoms with E-state index in [2.05, 4.69) is 0 Å². The second-order valence-electron chi connectivity index (χ2n) is 4.06. The lowest BCUT2D eigenvalue weighted by atomic mass is 10.3. The number of carbonyl (C=O) groups is 2. The standard InChI is InChI=1S/C12H14N2O6/c1-8(12(16)17)13(2)11(15)7-20-10-5-3-4-9(6-10)14(18)19/h3-6,8H,7H2,1-2H3,(H,16,17). The van der Waals surface area contributed by atoms with Crippen molar-refractivity contribution >= 4 is 17.6 Å². The lowest BCUT2D eigenvalue weighted by Crippen LogP contribution is -2.42. The number of benzene rings is 1. The number of non-ortho nitro benzene ring substituents is 1. The fourth-order valence-corrected chi connectivity index (χ4v) is 1.32. The van der Waals surface area contributed by atoms with Crippen LogP contribution in [0.15, 0.2) is 24.3 Å². The molecule has 0 aromatic heterocycles. The molecule has 0 heterocycles. The number of carboxylic acids is 1. The number of likely N-dealkylation sites (N-methyl/N-ethyl adjacent to an activating group) is 1. The molecule has 1 aromatic carbocycles. The molecule has 1 rings (SSSR count). The molecule has 8 nitrogen and oxygen atoms in total. The zero-order valence-corrected chi connectivity index (χ0v) is 11.0. The van der Waals surface area contributed by atoms with Gasteiger partial charge >= 0.3 is 5.97 Å². The number of nitro benzene ring substituents is 1. The van der Waals surface area contributed by atoms with Crippen molar-refractivity contribution in [1.29, 1.82) is 0 Å². The highest BCUT2D eigenvalue weighted by atomic mass is 16.6. The summed E-state index contributed by atoms with van der Waals surface area (Å²) < 4.78 is 5.12. The summed E-state index contributed by atoms with van der Waals surface area (Å²) in [5.41, 5.74) is -0.151. The highest BCUT2D eigenvalue weighted by Gasteiger charge is 2.22. The normalized spacial score (nSPS) is 11.5. The van der Waals surface area contributed by atoms with Crippen LogP contribution in [0.5, 0.6) is 5.75 Å². The molecule has 108 valence electrons. The lowest BCUT2D eigenvalue weighted by Gasteiger charge is -2.21. The first kappa shape index (κ1) is 15.4. The van der Waals surface area contributed by atoms with Gasteiger partial charge in [-0.05, 0) is 13.0 Å². The topological polar surface area (TPSA) is 110 Å². The molecule has 0 aliphatic carbocycles. The molecule has 0 saturated carbocycles. The van der Waals surface area contributed by atoms with E-state index >= 15 is 0 Å². The summed E-state index contributed by atoms with van der Waals surface area (Å²) in [4.78, 5) is 33.4. The van der Waals surface area contributed by atoms with E-state index in [9.17, 15) is 19.7 Å². The molecule has 1 aromatic rings. The minimum absolute atomic E-state index is 0.151. The number of carboxylic acid groups (broad SMARTS) is 1. The smallest absolute Gasteiger partial charge is 0.326 e. The van der Waals surface area contributed by atoms with Crippen molar-refractivity contribution in [3.63, 3.8) is 0 Å². The maximum Gasteiger partial charge on any atom is 0.326 e. The molecule has 1 atom stereocenters. The van der Waals surface area contributed by atoms with Gasteiger partial charge in [0, 0.05) is 13.1 Å². The molecule has 0 bridgehead atoms. The summed E-state index contributed by atoms with van der Waals surface area (Å²) in [6.07, 6.45) is 0. The summed E-state index contributed by atoms with van der Waals surface area (Å²) in [6, 6.07) is 4.42. The first-order chi connectivity index (χ1) is 9.32. The van der Waals surface area contributed by atoms with E-state index in [0.717, 1.165) is 4.90 Å². The fraction of sp³-hybridized carbons (Fsp3) is 0.333. The second kappa shape index (κ2) is 6.50. The maximum absolute atomic E-state index is 11.7. The monoisotopic (exact) mass is 282 g/mol. The highest BCUT2D eigenvalue weighted by Crippen LogP contribution is 2.19. The quantitative estimate of drug-likeness (QED) is 0.613. The largest absolute Gasteiger partial charge is 0.484 e. The summed E-state index contributed by atoms with van der Waals surface area (Å²) >= 11 is 0. The van der Waals surface area contributed by atoms with E-state index in [1.54, 1.807) is 0 Å². The summed E-state index contributed by atoms with van der Waals surface area (Å²) in [5, 5.41) is 19.3. The molecule has 0 fully saturated rings. The van der Waals surface area contributed by atoms with Crippen molar-refractivity contribution in [3.05, 3.63) is 34.4 Å². The van der Waals surface area contributed by atoms with Gasteiger partial charge in [-0.2, -0.15) is 0 Å². The zero-order chi connectivity index (χ0) is 15.3. The average Bonchev–Trinajstić information content (AvgIpc) is 2.43. The van der Waals surface area contributed by atoms with Gasteiger partial charge in [-0.1, -0.05) is 6.07 Å². The minimum atomic E-state index is -1.13. The van der Waals surface area contributed by atoms with Crippen molar-refractivity contribution in [1.82, 2.24) is 4.90 Å². The number of aliphatic carboxylic acids is 1. The number of rotatable bonds is 6. The number of hydrogen-bond acceptors (Lipinski definition) is 5. The van der Waals surface area contributed by atoms with Gasteiger partial charge in [0.1, 0.15) is 11.8 Å². The Labute approximate surface area is 114 Å². The second-order valence-corrected chi connectivity index (χ2v) is 4.06. The molecule has 0 spiro atoms. The third kappa shape index (κ3) is 3.94. The van der Waals surface area contributed by atoms with Crippen LogP contribution in [0, 0.1) is 10.1 Å². The van der Waals surface area contributed by atoms with Crippen molar-refractivity contribution in [2.45, 2.75) is 13.0 Å². The van der Waals surface area contributed by atoms with E-state index in [1.807, 2.05) is 0 Å². The zero-order valence-electron chi connectivity index (χ0n) is 11.0. The highest BCUT2D eigenvalue weighted by molar-refractivity contribution is 5.84. The Balaban J connectivity index is 2.63. The average molecular weight is 282 g/mol. The Morgan fingerprint density at radius 3 is 2.70 bits per heavy atom. The van der Waals surface area contributed by atoms with E-state index in [4.69, 9.17) is 9.84 Å². The first-order valence-corrected chi connectivity index (χ1v) is 5.68. The van der Waals surface area contributed by atoms with E-state index < -0.39 is 29.4 Å². The molecule has 0 aliphatic rings. The molecule has 20 heavy (non-hydrogen) atoms. The first-order valence-electron chi connectivity index (χ1n) is 5.68. The number of carbonyl (C=O) groups excluding carboxylic acids is 1. The van der Waals surface area contributed by atoms with Crippen LogP contribution in [0.3, 0.4) is 0 Å². The number of amides is 1. The molecule has 1 N–H and O–H groups in total. The van der Waals surface area contributed by atoms with Gasteiger partial charge in [-0.25, -0.2) is 4.79 Å². The number of nitrogens with zero attached hydrogens (tertiary/aromatic N) is 2. The molecular weight excluding hydrogens is 268 g/mol. The van der Waals surface area contributed by atoms with Crippen LogP contribution in [-0.2, 0) is 9.59 Å². The van der Waals surface area contributed by atoms with Gasteiger partial charge in [-0.3, -0.25) is 14.9 Å². The Morgan fingerprint density at radius 1 is 1.50 bits per heavy atom. The fourth-order valence-electron chi connectivity index (χ4n) is 1.32. The molecule has 8 heteroatoms. The van der Waals surface area contributed by atoms with Crippen LogP contribution in [0.1, 0.15) is 6.92 Å². The van der Waals surface area contributed by atoms with E-state index in [0.29, 0.717) is 0 Å². The van der Waals surface area contributed by atoms with Gasteiger partial charge in [0.15, 0.2) is 6.61 Å². The Morgan fingerprint density at radius 2 is 2.15 bits per heavy atom. The summed E-state index contributed by atoms with van der Waals surface area (Å²) in [5.74, 6) is -1.49. The maximum atomic E-state index is 11.7. The number of nitro groups is 1. The van der Waals surface area contributed by atoms with Gasteiger partial charge in [0.25, 0.3) is 11.6 Å². The SMILES string of the molecule is CC(C(=O)O)N(C)C(=O)COc1cccc([N+](=O)[O-])c1. The third-order valence-corrected chi connectivity index (χ3v) is 2.72. The van der Waals surface area contributed by atoms with Crippen LogP contribution in [0.4, 0.5) is 5.69 Å². The van der Waals surface area contributed by atoms with Crippen molar-refractivity contribution in [2.24, 2.45) is 0 Å². The Hall–Kier alpha value is -2.64. The lowest BCUT2D eigenvalue weighted by molar-refractivity contribution is -0.384. The van der Waals surface area contributed by atoms with Gasteiger partial charge in [0.2, 0.25) is 0 Å². The molecule has 0 saturated heterocycles.